The highest BCUT2D eigenvalue weighted by Crippen LogP contribution is 2.16. The fourth-order valence-corrected chi connectivity index (χ4v) is 1.81. The molecule has 0 saturated carbocycles. The van der Waals surface area contributed by atoms with E-state index in [9.17, 15) is 9.59 Å². The smallest absolute Gasteiger partial charge is 0.243 e. The molecule has 1 atom stereocenters. The molecule has 0 bridgehead atoms. The predicted octanol–water partition coefficient (Wildman–Crippen LogP) is 1.02. The fraction of sp³-hybridized carbons (Fsp3) is 0.357. The van der Waals surface area contributed by atoms with Crippen molar-refractivity contribution in [2.75, 3.05) is 11.9 Å². The van der Waals surface area contributed by atoms with E-state index in [1.807, 2.05) is 19.9 Å². The summed E-state index contributed by atoms with van der Waals surface area (Å²) in [6.45, 7) is 3.59. The molecule has 1 heterocycles. The second-order valence-corrected chi connectivity index (χ2v) is 5.21. The number of H-pyrrole nitrogens is 1. The van der Waals surface area contributed by atoms with Gasteiger partial charge in [0.2, 0.25) is 11.8 Å². The van der Waals surface area contributed by atoms with Crippen LogP contribution in [0.25, 0.3) is 10.9 Å². The number of nitrogens with two attached hydrogens (primary N) is 1. The Hall–Kier alpha value is -2.12. The zero-order chi connectivity index (χ0) is 15.4. The maximum atomic E-state index is 11.8. The van der Waals surface area contributed by atoms with Crippen LogP contribution in [0.5, 0.6) is 0 Å². The van der Waals surface area contributed by atoms with Crippen LogP contribution in [-0.4, -0.2) is 34.6 Å². The highest BCUT2D eigenvalue weighted by atomic mass is 35.5. The van der Waals surface area contributed by atoms with Crippen LogP contribution in [0.1, 0.15) is 13.8 Å². The van der Waals surface area contributed by atoms with Crippen LogP contribution in [0.4, 0.5) is 5.69 Å². The van der Waals surface area contributed by atoms with E-state index >= 15 is 0 Å². The van der Waals surface area contributed by atoms with Crippen LogP contribution in [0.2, 0.25) is 0 Å². The lowest BCUT2D eigenvalue weighted by atomic mass is 10.1. The molecule has 0 fully saturated rings. The van der Waals surface area contributed by atoms with E-state index in [2.05, 4.69) is 20.8 Å². The van der Waals surface area contributed by atoms with Crippen molar-refractivity contribution in [3.8, 4) is 0 Å². The molecule has 0 aliphatic carbocycles. The normalized spacial score (nSPS) is 11.8. The number of halogens is 1. The Morgan fingerprint density at radius 1 is 1.36 bits per heavy atom. The van der Waals surface area contributed by atoms with Gasteiger partial charge in [-0.3, -0.25) is 14.7 Å². The number of nitrogens with zero attached hydrogens (tertiary/aromatic N) is 1. The summed E-state index contributed by atoms with van der Waals surface area (Å²) in [4.78, 5) is 23.4. The van der Waals surface area contributed by atoms with Gasteiger partial charge in [0, 0.05) is 11.1 Å². The monoisotopic (exact) mass is 325 g/mol. The van der Waals surface area contributed by atoms with Crippen LogP contribution < -0.4 is 16.4 Å². The maximum absolute atomic E-state index is 11.8. The molecule has 0 aliphatic rings. The Labute approximate surface area is 134 Å². The topological polar surface area (TPSA) is 113 Å². The van der Waals surface area contributed by atoms with Gasteiger partial charge in [0.1, 0.15) is 0 Å². The molecule has 7 nitrogen and oxygen atoms in total. The van der Waals surface area contributed by atoms with Gasteiger partial charge in [-0.1, -0.05) is 13.8 Å². The van der Waals surface area contributed by atoms with Crippen molar-refractivity contribution in [3.05, 3.63) is 24.4 Å². The predicted molar refractivity (Wildman–Crippen MR) is 87.8 cm³/mol. The molecule has 5 N–H and O–H groups in total. The lowest BCUT2D eigenvalue weighted by Gasteiger charge is -2.15. The first-order valence-electron chi connectivity index (χ1n) is 6.73. The van der Waals surface area contributed by atoms with Crippen molar-refractivity contribution < 1.29 is 9.59 Å². The Bertz CT molecular complexity index is 655. The average Bonchev–Trinajstić information content (AvgIpc) is 2.91. The average molecular weight is 326 g/mol. The molecule has 2 rings (SSSR count). The van der Waals surface area contributed by atoms with E-state index in [0.717, 1.165) is 10.9 Å². The molecule has 22 heavy (non-hydrogen) atoms. The van der Waals surface area contributed by atoms with Crippen LogP contribution in [0.3, 0.4) is 0 Å². The number of amides is 2. The van der Waals surface area contributed by atoms with Gasteiger partial charge < -0.3 is 16.4 Å². The number of fused-ring (bicyclic) bond motifs is 1. The summed E-state index contributed by atoms with van der Waals surface area (Å²) in [5, 5.41) is 12.9. The first kappa shape index (κ1) is 17.9. The summed E-state index contributed by atoms with van der Waals surface area (Å²) in [5.74, 6) is -0.607. The summed E-state index contributed by atoms with van der Waals surface area (Å²) in [7, 11) is 0. The van der Waals surface area contributed by atoms with Gasteiger partial charge in [0.05, 0.1) is 24.3 Å². The number of rotatable bonds is 5. The summed E-state index contributed by atoms with van der Waals surface area (Å²) in [5.41, 5.74) is 7.24. The fourth-order valence-electron chi connectivity index (χ4n) is 1.81. The van der Waals surface area contributed by atoms with Crippen molar-refractivity contribution in [3.63, 3.8) is 0 Å². The zero-order valence-corrected chi connectivity index (χ0v) is 13.2. The van der Waals surface area contributed by atoms with E-state index in [1.54, 1.807) is 18.3 Å². The molecule has 0 saturated heterocycles. The number of carbonyl (C=O) groups is 2. The first-order valence-corrected chi connectivity index (χ1v) is 6.73. The number of anilines is 1. The molecule has 0 aliphatic heterocycles. The molecule has 1 aromatic carbocycles. The molecule has 0 radical (unpaired) electrons. The number of hydrogen-bond donors (Lipinski definition) is 4. The largest absolute Gasteiger partial charge is 0.346 e. The van der Waals surface area contributed by atoms with Crippen LogP contribution >= 0.6 is 12.4 Å². The number of carbonyl (C=O) groups excluding carboxylic acids is 2. The number of hydrogen-bond acceptors (Lipinski definition) is 4. The van der Waals surface area contributed by atoms with Crippen molar-refractivity contribution >= 4 is 40.8 Å². The van der Waals surface area contributed by atoms with Gasteiger partial charge in [-0.25, -0.2) is 0 Å². The highest BCUT2D eigenvalue weighted by molar-refractivity contribution is 5.96. The van der Waals surface area contributed by atoms with Crippen LogP contribution in [-0.2, 0) is 9.59 Å². The third kappa shape index (κ3) is 4.44. The second-order valence-electron chi connectivity index (χ2n) is 5.21. The summed E-state index contributed by atoms with van der Waals surface area (Å²) < 4.78 is 0. The van der Waals surface area contributed by atoms with Crippen LogP contribution in [0.15, 0.2) is 24.4 Å². The molecule has 0 unspecified atom stereocenters. The maximum Gasteiger partial charge on any atom is 0.243 e. The van der Waals surface area contributed by atoms with Gasteiger partial charge in [0.25, 0.3) is 0 Å². The van der Waals surface area contributed by atoms with Gasteiger partial charge in [0.15, 0.2) is 0 Å². The molecule has 2 amide bonds. The lowest BCUT2D eigenvalue weighted by Crippen LogP contribution is -2.46. The van der Waals surface area contributed by atoms with E-state index in [1.165, 1.54) is 0 Å². The minimum Gasteiger partial charge on any atom is -0.346 e. The molecule has 120 valence electrons. The number of aromatic amines is 1. The van der Waals surface area contributed by atoms with Crippen LogP contribution in [0, 0.1) is 5.92 Å². The third-order valence-electron chi connectivity index (χ3n) is 3.17. The van der Waals surface area contributed by atoms with Gasteiger partial charge in [-0.15, -0.1) is 12.4 Å². The van der Waals surface area contributed by atoms with E-state index in [-0.39, 0.29) is 36.7 Å². The third-order valence-corrected chi connectivity index (χ3v) is 3.17. The van der Waals surface area contributed by atoms with E-state index in [0.29, 0.717) is 5.69 Å². The van der Waals surface area contributed by atoms with Gasteiger partial charge in [-0.05, 0) is 24.1 Å². The van der Waals surface area contributed by atoms with Crippen molar-refractivity contribution in [1.82, 2.24) is 15.5 Å². The van der Waals surface area contributed by atoms with Crippen molar-refractivity contribution in [2.24, 2.45) is 11.7 Å². The standard InChI is InChI=1S/C14H19N5O2.ClH/c1-8(2)13(15)14(21)16-7-12(20)18-10-3-4-11-9(5-10)6-17-19-11;/h3-6,8,13H,7,15H2,1-2H3,(H,16,21)(H,17,19)(H,18,20);1H/t13-;/m0./s1. The van der Waals surface area contributed by atoms with E-state index in [4.69, 9.17) is 5.73 Å². The number of benzene rings is 1. The molecule has 0 spiro atoms. The summed E-state index contributed by atoms with van der Waals surface area (Å²) in [6, 6.07) is 4.78. The molecular formula is C14H20ClN5O2. The summed E-state index contributed by atoms with van der Waals surface area (Å²) >= 11 is 0. The minimum absolute atomic E-state index is 0. The van der Waals surface area contributed by atoms with Crippen molar-refractivity contribution in [1.29, 1.82) is 0 Å². The Morgan fingerprint density at radius 2 is 2.09 bits per heavy atom. The first-order chi connectivity index (χ1) is 9.97. The second kappa shape index (κ2) is 7.77. The highest BCUT2D eigenvalue weighted by Gasteiger charge is 2.17. The quantitative estimate of drug-likeness (QED) is 0.657. The Kier molecular flexibility index (Phi) is 6.33. The molecule has 1 aromatic heterocycles. The minimum atomic E-state index is -0.611. The van der Waals surface area contributed by atoms with Gasteiger partial charge in [-0.2, -0.15) is 5.10 Å². The number of aromatic nitrogens is 2. The molecule has 2 aromatic rings. The lowest BCUT2D eigenvalue weighted by molar-refractivity contribution is -0.125. The van der Waals surface area contributed by atoms with E-state index < -0.39 is 6.04 Å². The summed E-state index contributed by atoms with van der Waals surface area (Å²) in [6.07, 6.45) is 1.68. The Balaban J connectivity index is 0.00000242. The number of nitrogens with one attached hydrogen (secondary N) is 3. The SMILES string of the molecule is CC(C)[C@H](N)C(=O)NCC(=O)Nc1ccc2[nH]ncc2c1.Cl. The Morgan fingerprint density at radius 3 is 2.77 bits per heavy atom. The molecule has 8 heteroatoms. The zero-order valence-electron chi connectivity index (χ0n) is 12.4. The molecular weight excluding hydrogens is 306 g/mol. The van der Waals surface area contributed by atoms with Crippen molar-refractivity contribution in [2.45, 2.75) is 19.9 Å². The van der Waals surface area contributed by atoms with Gasteiger partial charge >= 0.3 is 0 Å².